The molecule has 0 saturated carbocycles. The molecule has 0 aromatic carbocycles. The molecule has 5 heteroatoms. The molecule has 21 heavy (non-hydrogen) atoms. The van der Waals surface area contributed by atoms with Crippen LogP contribution < -0.4 is 4.74 Å². The summed E-state index contributed by atoms with van der Waals surface area (Å²) in [7, 11) is 0. The van der Waals surface area contributed by atoms with E-state index in [4.69, 9.17) is 9.15 Å². The number of furan rings is 1. The minimum absolute atomic E-state index is 0.310. The van der Waals surface area contributed by atoms with E-state index in [1.807, 2.05) is 24.3 Å². The average Bonchev–Trinajstić information content (AvgIpc) is 3.10. The highest BCUT2D eigenvalue weighted by Gasteiger charge is 2.49. The molecule has 2 aliphatic heterocycles. The van der Waals surface area contributed by atoms with E-state index in [1.54, 1.807) is 18.7 Å². The summed E-state index contributed by atoms with van der Waals surface area (Å²) in [5, 5.41) is 0. The first-order chi connectivity index (χ1) is 10.3. The fraction of sp³-hybridized carbons (Fsp3) is 0.438. The second kappa shape index (κ2) is 5.39. The van der Waals surface area contributed by atoms with Crippen molar-refractivity contribution in [2.24, 2.45) is 0 Å². The molecule has 2 aliphatic rings. The Labute approximate surface area is 128 Å². The molecule has 1 atom stereocenters. The number of pyridine rings is 1. The quantitative estimate of drug-likeness (QED) is 0.868. The second-order valence-corrected chi connectivity index (χ2v) is 7.34. The van der Waals surface area contributed by atoms with Gasteiger partial charge in [-0.3, -0.25) is 9.88 Å². The molecule has 1 spiro atoms. The van der Waals surface area contributed by atoms with Gasteiger partial charge in [-0.1, -0.05) is 0 Å². The fourth-order valence-electron chi connectivity index (χ4n) is 3.21. The van der Waals surface area contributed by atoms with Crippen LogP contribution in [0.1, 0.15) is 12.2 Å². The fourth-order valence-corrected chi connectivity index (χ4v) is 4.79. The van der Waals surface area contributed by atoms with Crippen LogP contribution in [0, 0.1) is 0 Å². The topological polar surface area (TPSA) is 38.5 Å². The summed E-state index contributed by atoms with van der Waals surface area (Å²) in [6, 6.07) is 7.89. The summed E-state index contributed by atoms with van der Waals surface area (Å²) in [6.45, 7) is 3.18. The first-order valence-electron chi connectivity index (χ1n) is 7.27. The van der Waals surface area contributed by atoms with Crippen LogP contribution in [0.25, 0.3) is 0 Å². The molecule has 2 fully saturated rings. The summed E-state index contributed by atoms with van der Waals surface area (Å²) in [5.74, 6) is 3.01. The number of nitrogens with zero attached hydrogens (tertiary/aromatic N) is 2. The molecule has 0 bridgehead atoms. The van der Waals surface area contributed by atoms with E-state index in [9.17, 15) is 0 Å². The Bertz CT molecular complexity index is 582. The number of ether oxygens (including phenoxy) is 1. The zero-order valence-corrected chi connectivity index (χ0v) is 12.6. The molecule has 2 aromatic rings. The van der Waals surface area contributed by atoms with E-state index in [0.717, 1.165) is 43.3 Å². The molecular weight excluding hydrogens is 284 g/mol. The predicted molar refractivity (Wildman–Crippen MR) is 82.4 cm³/mol. The molecule has 110 valence electrons. The van der Waals surface area contributed by atoms with Gasteiger partial charge in [0.2, 0.25) is 0 Å². The number of rotatable bonds is 4. The molecule has 0 amide bonds. The lowest BCUT2D eigenvalue weighted by atomic mass is 9.93. The Balaban J connectivity index is 1.29. The van der Waals surface area contributed by atoms with Gasteiger partial charge in [0, 0.05) is 36.2 Å². The van der Waals surface area contributed by atoms with Gasteiger partial charge in [0.05, 0.1) is 19.0 Å². The van der Waals surface area contributed by atoms with Gasteiger partial charge in [0.25, 0.3) is 0 Å². The zero-order chi connectivity index (χ0) is 14.1. The van der Waals surface area contributed by atoms with Crippen molar-refractivity contribution in [3.05, 3.63) is 48.7 Å². The van der Waals surface area contributed by atoms with Crippen molar-refractivity contribution in [3.8, 4) is 5.75 Å². The largest absolute Gasteiger partial charge is 0.488 e. The highest BCUT2D eigenvalue weighted by molar-refractivity contribution is 8.01. The number of thioether (sulfide) groups is 1. The van der Waals surface area contributed by atoms with Crippen molar-refractivity contribution in [3.63, 3.8) is 0 Å². The van der Waals surface area contributed by atoms with Crippen molar-refractivity contribution < 1.29 is 9.15 Å². The standard InChI is InChI=1S/C16H18N2O2S/c1-3-13(8-17-5-1)20-15-7-16(21-10-15)11-18(12-16)9-14-4-2-6-19-14/h1-6,8,15H,7,9-12H2. The van der Waals surface area contributed by atoms with Crippen LogP contribution in [0.3, 0.4) is 0 Å². The Hall–Kier alpha value is -1.46. The number of aromatic nitrogens is 1. The maximum atomic E-state index is 6.03. The molecule has 0 aliphatic carbocycles. The Kier molecular flexibility index (Phi) is 3.39. The van der Waals surface area contributed by atoms with Crippen LogP contribution in [-0.4, -0.2) is 39.6 Å². The molecular formula is C16H18N2O2S. The van der Waals surface area contributed by atoms with Crippen LogP contribution in [0.2, 0.25) is 0 Å². The molecule has 4 nitrogen and oxygen atoms in total. The van der Waals surface area contributed by atoms with E-state index in [0.29, 0.717) is 10.9 Å². The van der Waals surface area contributed by atoms with Crippen molar-refractivity contribution in [1.82, 2.24) is 9.88 Å². The normalized spacial score (nSPS) is 24.1. The van der Waals surface area contributed by atoms with Gasteiger partial charge in [-0.2, -0.15) is 0 Å². The number of hydrogen-bond acceptors (Lipinski definition) is 5. The second-order valence-electron chi connectivity index (χ2n) is 5.85. The molecule has 4 rings (SSSR count). The lowest BCUT2D eigenvalue weighted by Gasteiger charge is -2.47. The molecule has 2 aromatic heterocycles. The van der Waals surface area contributed by atoms with Gasteiger partial charge in [-0.05, 0) is 24.3 Å². The summed E-state index contributed by atoms with van der Waals surface area (Å²) in [6.07, 6.45) is 6.74. The summed E-state index contributed by atoms with van der Waals surface area (Å²) < 4.78 is 11.8. The summed E-state index contributed by atoms with van der Waals surface area (Å²) in [4.78, 5) is 6.54. The molecule has 0 N–H and O–H groups in total. The van der Waals surface area contributed by atoms with Crippen molar-refractivity contribution >= 4 is 11.8 Å². The summed E-state index contributed by atoms with van der Waals surface area (Å²) in [5.41, 5.74) is 0. The SMILES string of the molecule is c1cncc(OC2CSC3(C2)CN(Cc2ccco2)C3)c1. The lowest BCUT2D eigenvalue weighted by molar-refractivity contribution is 0.0856. The van der Waals surface area contributed by atoms with Crippen molar-refractivity contribution in [1.29, 1.82) is 0 Å². The predicted octanol–water partition coefficient (Wildman–Crippen LogP) is 2.81. The molecule has 2 saturated heterocycles. The Morgan fingerprint density at radius 2 is 2.33 bits per heavy atom. The van der Waals surface area contributed by atoms with Crippen LogP contribution in [-0.2, 0) is 6.54 Å². The third kappa shape index (κ3) is 2.80. The van der Waals surface area contributed by atoms with Gasteiger partial charge in [0.1, 0.15) is 17.6 Å². The smallest absolute Gasteiger partial charge is 0.138 e. The van der Waals surface area contributed by atoms with Gasteiger partial charge in [-0.15, -0.1) is 11.8 Å². The minimum atomic E-state index is 0.310. The third-order valence-corrected chi connectivity index (χ3v) is 5.67. The average molecular weight is 302 g/mol. The lowest BCUT2D eigenvalue weighted by Crippen LogP contribution is -2.58. The van der Waals surface area contributed by atoms with Crippen LogP contribution in [0.15, 0.2) is 47.3 Å². The Morgan fingerprint density at radius 3 is 3.10 bits per heavy atom. The highest BCUT2D eigenvalue weighted by Crippen LogP contribution is 2.46. The summed E-state index contributed by atoms with van der Waals surface area (Å²) >= 11 is 2.06. The van der Waals surface area contributed by atoms with Gasteiger partial charge in [-0.25, -0.2) is 0 Å². The third-order valence-electron chi connectivity index (χ3n) is 4.10. The first kappa shape index (κ1) is 13.2. The number of hydrogen-bond donors (Lipinski definition) is 0. The van der Waals surface area contributed by atoms with Crippen molar-refractivity contribution in [2.75, 3.05) is 18.8 Å². The van der Waals surface area contributed by atoms with Crippen LogP contribution in [0.4, 0.5) is 0 Å². The van der Waals surface area contributed by atoms with E-state index in [2.05, 4.69) is 21.6 Å². The van der Waals surface area contributed by atoms with E-state index in [1.165, 1.54) is 0 Å². The molecule has 0 radical (unpaired) electrons. The van der Waals surface area contributed by atoms with Crippen LogP contribution in [0.5, 0.6) is 5.75 Å². The molecule has 4 heterocycles. The minimum Gasteiger partial charge on any atom is -0.488 e. The Morgan fingerprint density at radius 1 is 1.38 bits per heavy atom. The highest BCUT2D eigenvalue weighted by atomic mass is 32.2. The number of likely N-dealkylation sites (tertiary alicyclic amines) is 1. The maximum absolute atomic E-state index is 6.03. The zero-order valence-electron chi connectivity index (χ0n) is 11.8. The van der Waals surface area contributed by atoms with E-state index >= 15 is 0 Å². The van der Waals surface area contributed by atoms with Crippen LogP contribution >= 0.6 is 11.8 Å². The van der Waals surface area contributed by atoms with Gasteiger partial charge >= 0.3 is 0 Å². The van der Waals surface area contributed by atoms with Gasteiger partial charge in [0.15, 0.2) is 0 Å². The van der Waals surface area contributed by atoms with Gasteiger partial charge < -0.3 is 9.15 Å². The molecule has 1 unspecified atom stereocenters. The van der Waals surface area contributed by atoms with E-state index < -0.39 is 0 Å². The van der Waals surface area contributed by atoms with E-state index in [-0.39, 0.29) is 0 Å². The first-order valence-corrected chi connectivity index (χ1v) is 8.25. The van der Waals surface area contributed by atoms with Crippen molar-refractivity contribution in [2.45, 2.75) is 23.8 Å². The monoisotopic (exact) mass is 302 g/mol. The maximum Gasteiger partial charge on any atom is 0.138 e.